The highest BCUT2D eigenvalue weighted by Crippen LogP contribution is 2.19. The number of hydrogen-bond donors (Lipinski definition) is 0. The Kier molecular flexibility index (Phi) is 4.55. The number of aromatic nitrogens is 1. The first-order chi connectivity index (χ1) is 10.3. The monoisotopic (exact) mass is 365 g/mol. The predicted octanol–water partition coefficient (Wildman–Crippen LogP) is 3.00. The molecule has 0 spiro atoms. The maximum absolute atomic E-state index is 12.5. The molecule has 0 aliphatic carbocycles. The number of amides is 1. The van der Waals surface area contributed by atoms with Gasteiger partial charge >= 0.3 is 0 Å². The van der Waals surface area contributed by atoms with Crippen molar-refractivity contribution in [2.45, 2.75) is 5.33 Å². The van der Waals surface area contributed by atoms with Crippen LogP contribution in [0.5, 0.6) is 0 Å². The lowest BCUT2D eigenvalue weighted by atomic mass is 10.1. The van der Waals surface area contributed by atoms with Crippen LogP contribution in [-0.2, 0) is 5.33 Å². The molecule has 110 valence electrons. The van der Waals surface area contributed by atoms with Crippen LogP contribution in [0.3, 0.4) is 0 Å². The number of rotatable bonds is 3. The molecule has 4 nitrogen and oxygen atoms in total. The van der Waals surface area contributed by atoms with Gasteiger partial charge in [-0.3, -0.25) is 4.79 Å². The van der Waals surface area contributed by atoms with Crippen molar-refractivity contribution in [3.8, 4) is 0 Å². The van der Waals surface area contributed by atoms with Crippen LogP contribution in [0.15, 0.2) is 35.8 Å². The zero-order chi connectivity index (χ0) is 14.7. The smallest absolute Gasteiger partial charge is 0.253 e. The highest BCUT2D eigenvalue weighted by Gasteiger charge is 2.23. The van der Waals surface area contributed by atoms with Crippen LogP contribution in [0.25, 0.3) is 0 Å². The van der Waals surface area contributed by atoms with E-state index < -0.39 is 0 Å². The molecule has 0 radical (unpaired) electrons. The van der Waals surface area contributed by atoms with Gasteiger partial charge in [-0.1, -0.05) is 28.1 Å². The molecule has 3 rings (SSSR count). The average molecular weight is 366 g/mol. The first kappa shape index (κ1) is 14.5. The molecule has 0 bridgehead atoms. The molecule has 0 saturated carbocycles. The van der Waals surface area contributed by atoms with E-state index in [0.29, 0.717) is 0 Å². The van der Waals surface area contributed by atoms with Crippen molar-refractivity contribution in [2.75, 3.05) is 31.1 Å². The maximum atomic E-state index is 12.5. The summed E-state index contributed by atoms with van der Waals surface area (Å²) in [5.74, 6) is 0.120. The highest BCUT2D eigenvalue weighted by atomic mass is 79.9. The third kappa shape index (κ3) is 3.27. The van der Waals surface area contributed by atoms with Gasteiger partial charge in [0.1, 0.15) is 0 Å². The fourth-order valence-corrected chi connectivity index (χ4v) is 3.46. The van der Waals surface area contributed by atoms with Crippen molar-refractivity contribution >= 4 is 38.3 Å². The highest BCUT2D eigenvalue weighted by molar-refractivity contribution is 9.08. The van der Waals surface area contributed by atoms with Crippen molar-refractivity contribution in [2.24, 2.45) is 0 Å². The largest absolute Gasteiger partial charge is 0.345 e. The van der Waals surface area contributed by atoms with Gasteiger partial charge in [0.05, 0.1) is 0 Å². The molecule has 1 aromatic carbocycles. The average Bonchev–Trinajstić information content (AvgIpc) is 3.09. The van der Waals surface area contributed by atoms with Crippen molar-refractivity contribution in [3.05, 3.63) is 47.0 Å². The van der Waals surface area contributed by atoms with E-state index in [9.17, 15) is 4.79 Å². The Bertz CT molecular complexity index is 592. The number of anilines is 1. The molecule has 1 fully saturated rings. The zero-order valence-corrected chi connectivity index (χ0v) is 13.9. The quantitative estimate of drug-likeness (QED) is 0.784. The van der Waals surface area contributed by atoms with Crippen LogP contribution >= 0.6 is 27.3 Å². The molecule has 0 atom stereocenters. The number of piperazine rings is 1. The fraction of sp³-hybridized carbons (Fsp3) is 0.333. The van der Waals surface area contributed by atoms with Gasteiger partial charge in [0.25, 0.3) is 5.91 Å². The van der Waals surface area contributed by atoms with Crippen LogP contribution in [-0.4, -0.2) is 42.0 Å². The Morgan fingerprint density at radius 1 is 1.19 bits per heavy atom. The molecule has 1 aromatic heterocycles. The molecule has 2 aromatic rings. The number of nitrogens with zero attached hydrogens (tertiary/aromatic N) is 3. The number of alkyl halides is 1. The van der Waals surface area contributed by atoms with Gasteiger partial charge < -0.3 is 9.80 Å². The molecule has 0 N–H and O–H groups in total. The fourth-order valence-electron chi connectivity index (χ4n) is 2.39. The Balaban J connectivity index is 1.62. The van der Waals surface area contributed by atoms with Gasteiger partial charge in [0, 0.05) is 48.6 Å². The van der Waals surface area contributed by atoms with Crippen molar-refractivity contribution in [1.82, 2.24) is 9.88 Å². The Hall–Kier alpha value is -1.40. The van der Waals surface area contributed by atoms with E-state index in [1.165, 1.54) is 5.56 Å². The van der Waals surface area contributed by atoms with Crippen LogP contribution in [0.2, 0.25) is 0 Å². The minimum absolute atomic E-state index is 0.120. The molecular weight excluding hydrogens is 350 g/mol. The third-order valence-electron chi connectivity index (χ3n) is 3.61. The number of carbonyl (C=O) groups excluding carboxylic acids is 1. The van der Waals surface area contributed by atoms with E-state index in [4.69, 9.17) is 0 Å². The Morgan fingerprint density at radius 2 is 1.90 bits per heavy atom. The van der Waals surface area contributed by atoms with Gasteiger partial charge in [-0.05, 0) is 17.7 Å². The molecule has 2 heterocycles. The molecule has 0 unspecified atom stereocenters. The summed E-state index contributed by atoms with van der Waals surface area (Å²) in [6, 6.07) is 7.81. The standard InChI is InChI=1S/C15H16BrN3OS/c16-11-12-1-3-13(4-2-12)14(20)18-6-8-19(9-7-18)15-17-5-10-21-15/h1-5,10H,6-9,11H2. The predicted molar refractivity (Wildman–Crippen MR) is 89.3 cm³/mol. The molecular formula is C15H16BrN3OS. The number of thiazole rings is 1. The van der Waals surface area contributed by atoms with E-state index in [0.717, 1.165) is 42.2 Å². The molecule has 1 aliphatic heterocycles. The van der Waals surface area contributed by atoms with E-state index >= 15 is 0 Å². The van der Waals surface area contributed by atoms with Crippen LogP contribution in [0, 0.1) is 0 Å². The van der Waals surface area contributed by atoms with E-state index in [1.807, 2.05) is 40.7 Å². The van der Waals surface area contributed by atoms with E-state index in [-0.39, 0.29) is 5.91 Å². The van der Waals surface area contributed by atoms with Crippen molar-refractivity contribution in [3.63, 3.8) is 0 Å². The van der Waals surface area contributed by atoms with Gasteiger partial charge in [-0.2, -0.15) is 0 Å². The maximum Gasteiger partial charge on any atom is 0.253 e. The van der Waals surface area contributed by atoms with Crippen LogP contribution in [0.4, 0.5) is 5.13 Å². The first-order valence-electron chi connectivity index (χ1n) is 6.86. The zero-order valence-electron chi connectivity index (χ0n) is 11.5. The second-order valence-corrected chi connectivity index (χ2v) is 6.36. The molecule has 1 amide bonds. The van der Waals surface area contributed by atoms with Gasteiger partial charge in [-0.25, -0.2) is 4.98 Å². The number of halogens is 1. The molecule has 1 aliphatic rings. The first-order valence-corrected chi connectivity index (χ1v) is 8.86. The number of hydrogen-bond acceptors (Lipinski definition) is 4. The topological polar surface area (TPSA) is 36.4 Å². The van der Waals surface area contributed by atoms with Crippen LogP contribution < -0.4 is 4.90 Å². The summed E-state index contributed by atoms with van der Waals surface area (Å²) < 4.78 is 0. The second kappa shape index (κ2) is 6.58. The summed E-state index contributed by atoms with van der Waals surface area (Å²) in [5.41, 5.74) is 1.95. The molecule has 6 heteroatoms. The lowest BCUT2D eigenvalue weighted by Crippen LogP contribution is -2.48. The summed E-state index contributed by atoms with van der Waals surface area (Å²) >= 11 is 5.06. The van der Waals surface area contributed by atoms with Crippen molar-refractivity contribution in [1.29, 1.82) is 0 Å². The van der Waals surface area contributed by atoms with Gasteiger partial charge in [0.2, 0.25) is 0 Å². The second-order valence-electron chi connectivity index (χ2n) is 4.92. The summed E-state index contributed by atoms with van der Waals surface area (Å²) in [4.78, 5) is 21.0. The van der Waals surface area contributed by atoms with Crippen LogP contribution in [0.1, 0.15) is 15.9 Å². The van der Waals surface area contributed by atoms with Crippen molar-refractivity contribution < 1.29 is 4.79 Å². The van der Waals surface area contributed by atoms with E-state index in [1.54, 1.807) is 11.3 Å². The SMILES string of the molecule is O=C(c1ccc(CBr)cc1)N1CCN(c2nccs2)CC1. The molecule has 21 heavy (non-hydrogen) atoms. The number of carbonyl (C=O) groups is 1. The summed E-state index contributed by atoms with van der Waals surface area (Å²) in [7, 11) is 0. The Labute approximate surface area is 136 Å². The lowest BCUT2D eigenvalue weighted by Gasteiger charge is -2.34. The number of benzene rings is 1. The summed E-state index contributed by atoms with van der Waals surface area (Å²) in [6.45, 7) is 3.19. The normalized spacial score (nSPS) is 15.3. The minimum atomic E-state index is 0.120. The summed E-state index contributed by atoms with van der Waals surface area (Å²) in [6.07, 6.45) is 1.82. The minimum Gasteiger partial charge on any atom is -0.345 e. The molecule has 1 saturated heterocycles. The lowest BCUT2D eigenvalue weighted by molar-refractivity contribution is 0.0747. The summed E-state index contributed by atoms with van der Waals surface area (Å²) in [5, 5.41) is 3.84. The van der Waals surface area contributed by atoms with Gasteiger partial charge in [0.15, 0.2) is 5.13 Å². The van der Waals surface area contributed by atoms with E-state index in [2.05, 4.69) is 25.8 Å². The third-order valence-corrected chi connectivity index (χ3v) is 5.09. The van der Waals surface area contributed by atoms with Gasteiger partial charge in [-0.15, -0.1) is 11.3 Å². The Morgan fingerprint density at radius 3 is 2.48 bits per heavy atom.